The number of hydrogen-bond acceptors (Lipinski definition) is 4. The van der Waals surface area contributed by atoms with Crippen LogP contribution in [-0.2, 0) is 0 Å². The lowest BCUT2D eigenvalue weighted by Crippen LogP contribution is -2.23. The van der Waals surface area contributed by atoms with Gasteiger partial charge in [-0.1, -0.05) is 11.6 Å². The van der Waals surface area contributed by atoms with Gasteiger partial charge >= 0.3 is 0 Å². The topological polar surface area (TPSA) is 78.5 Å². The third-order valence-electron chi connectivity index (χ3n) is 2.42. The summed E-state index contributed by atoms with van der Waals surface area (Å²) < 4.78 is 0. The molecular weight excluding hydrogens is 228 g/mol. The van der Waals surface area contributed by atoms with Gasteiger partial charge in [-0.25, -0.2) is 0 Å². The van der Waals surface area contributed by atoms with Crippen molar-refractivity contribution in [1.29, 1.82) is 0 Å². The molecule has 0 aliphatic heterocycles. The summed E-state index contributed by atoms with van der Waals surface area (Å²) in [5.74, 6) is 0. The van der Waals surface area contributed by atoms with Gasteiger partial charge in [0.2, 0.25) is 0 Å². The summed E-state index contributed by atoms with van der Waals surface area (Å²) in [6.07, 6.45) is -1.41. The number of nitrogens with two attached hydrogens (primary N) is 1. The predicted octanol–water partition coefficient (Wildman–Crippen LogP) is 0.926. The van der Waals surface area contributed by atoms with E-state index in [4.69, 9.17) is 17.3 Å². The Bertz CT molecular complexity index is 347. The fraction of sp³-hybridized carbons (Fsp3) is 0.455. The highest BCUT2D eigenvalue weighted by molar-refractivity contribution is 6.30. The van der Waals surface area contributed by atoms with Crippen LogP contribution >= 0.6 is 11.6 Å². The fourth-order valence-electron chi connectivity index (χ4n) is 1.46. The number of benzene rings is 1. The van der Waals surface area contributed by atoms with E-state index >= 15 is 0 Å². The van der Waals surface area contributed by atoms with E-state index in [0.29, 0.717) is 29.2 Å². The number of nitrogens with one attached hydrogen (secondary N) is 1. The van der Waals surface area contributed by atoms with Crippen LogP contribution in [0.3, 0.4) is 0 Å². The van der Waals surface area contributed by atoms with Gasteiger partial charge in [-0.05, 0) is 38.2 Å². The molecule has 0 aliphatic rings. The Hall–Kier alpha value is -0.810. The minimum absolute atomic E-state index is 0.431. The van der Waals surface area contributed by atoms with Gasteiger partial charge in [0.25, 0.3) is 0 Å². The summed E-state index contributed by atoms with van der Waals surface area (Å²) in [7, 11) is 1.78. The molecule has 1 rings (SSSR count). The Balaban J connectivity index is 2.78. The summed E-state index contributed by atoms with van der Waals surface area (Å²) in [5, 5.41) is 23.0. The third kappa shape index (κ3) is 3.35. The number of halogens is 1. The minimum Gasteiger partial charge on any atom is -0.398 e. The van der Waals surface area contributed by atoms with Crippen LogP contribution in [0.4, 0.5) is 5.69 Å². The highest BCUT2D eigenvalue weighted by Gasteiger charge is 2.20. The van der Waals surface area contributed by atoms with E-state index in [1.165, 1.54) is 0 Å². The largest absolute Gasteiger partial charge is 0.398 e. The van der Waals surface area contributed by atoms with Crippen molar-refractivity contribution in [3.05, 3.63) is 28.8 Å². The van der Waals surface area contributed by atoms with Crippen LogP contribution in [0.25, 0.3) is 0 Å². The molecule has 1 aromatic rings. The molecule has 0 fully saturated rings. The number of rotatable bonds is 5. The predicted molar refractivity (Wildman–Crippen MR) is 65.4 cm³/mol. The molecule has 0 amide bonds. The Morgan fingerprint density at radius 3 is 2.75 bits per heavy atom. The average Bonchev–Trinajstić information content (AvgIpc) is 2.28. The van der Waals surface area contributed by atoms with E-state index < -0.39 is 12.2 Å². The molecule has 90 valence electrons. The van der Waals surface area contributed by atoms with Gasteiger partial charge in [-0.15, -0.1) is 0 Å². The second-order valence-electron chi connectivity index (χ2n) is 3.68. The molecule has 4 nitrogen and oxygen atoms in total. The van der Waals surface area contributed by atoms with Gasteiger partial charge in [-0.2, -0.15) is 0 Å². The summed E-state index contributed by atoms with van der Waals surface area (Å²) >= 11 is 5.81. The zero-order valence-corrected chi connectivity index (χ0v) is 9.91. The van der Waals surface area contributed by atoms with Crippen molar-refractivity contribution >= 4 is 17.3 Å². The molecule has 0 saturated heterocycles. The lowest BCUT2D eigenvalue weighted by atomic mass is 10.0. The highest BCUT2D eigenvalue weighted by Crippen LogP contribution is 2.27. The lowest BCUT2D eigenvalue weighted by Gasteiger charge is -2.19. The molecule has 0 bridgehead atoms. The number of aliphatic hydroxyl groups is 2. The van der Waals surface area contributed by atoms with Crippen molar-refractivity contribution in [3.8, 4) is 0 Å². The summed E-state index contributed by atoms with van der Waals surface area (Å²) in [6, 6.07) is 4.84. The van der Waals surface area contributed by atoms with Crippen LogP contribution < -0.4 is 11.1 Å². The minimum atomic E-state index is -1.01. The molecular formula is C11H17ClN2O2. The third-order valence-corrected chi connectivity index (χ3v) is 2.66. The zero-order valence-electron chi connectivity index (χ0n) is 9.15. The molecule has 5 N–H and O–H groups in total. The summed E-state index contributed by atoms with van der Waals surface area (Å²) in [4.78, 5) is 0. The molecule has 16 heavy (non-hydrogen) atoms. The number of aliphatic hydroxyl groups excluding tert-OH is 2. The highest BCUT2D eigenvalue weighted by atomic mass is 35.5. The van der Waals surface area contributed by atoms with Gasteiger partial charge in [0.15, 0.2) is 0 Å². The smallest absolute Gasteiger partial charge is 0.107 e. The van der Waals surface area contributed by atoms with Gasteiger partial charge in [0.05, 0.1) is 6.10 Å². The summed E-state index contributed by atoms with van der Waals surface area (Å²) in [6.45, 7) is 0.624. The van der Waals surface area contributed by atoms with Crippen molar-refractivity contribution in [1.82, 2.24) is 5.32 Å². The first-order valence-corrected chi connectivity index (χ1v) is 5.49. The molecule has 0 heterocycles. The van der Waals surface area contributed by atoms with E-state index in [2.05, 4.69) is 5.32 Å². The van der Waals surface area contributed by atoms with Crippen LogP contribution in [0.1, 0.15) is 18.1 Å². The van der Waals surface area contributed by atoms with E-state index in [0.717, 1.165) is 0 Å². The zero-order chi connectivity index (χ0) is 12.1. The first-order chi connectivity index (χ1) is 7.56. The lowest BCUT2D eigenvalue weighted by molar-refractivity contribution is 0.0144. The summed E-state index contributed by atoms with van der Waals surface area (Å²) in [5.41, 5.74) is 6.61. The first-order valence-electron chi connectivity index (χ1n) is 5.12. The molecule has 0 aliphatic carbocycles. The maximum Gasteiger partial charge on any atom is 0.107 e. The standard InChI is InChI=1S/C11H17ClN2O2/c1-14-5-4-10(15)11(16)8-6-7(12)2-3-9(8)13/h2-3,6,10-11,14-16H,4-5,13H2,1H3. The molecule has 5 heteroatoms. The molecule has 2 atom stereocenters. The maximum atomic E-state index is 9.90. The number of hydrogen-bond donors (Lipinski definition) is 4. The van der Waals surface area contributed by atoms with Gasteiger partial charge in [0, 0.05) is 16.3 Å². The Labute approximate surface area is 100 Å². The Morgan fingerprint density at radius 1 is 1.44 bits per heavy atom. The SMILES string of the molecule is CNCCC(O)C(O)c1cc(Cl)ccc1N. The Morgan fingerprint density at radius 2 is 2.12 bits per heavy atom. The van der Waals surface area contributed by atoms with Crippen LogP contribution in [-0.4, -0.2) is 29.9 Å². The first kappa shape index (κ1) is 13.3. The van der Waals surface area contributed by atoms with E-state index in [1.54, 1.807) is 25.2 Å². The fourth-order valence-corrected chi connectivity index (χ4v) is 1.64. The van der Waals surface area contributed by atoms with Crippen molar-refractivity contribution in [2.24, 2.45) is 0 Å². The van der Waals surface area contributed by atoms with Gasteiger partial charge in [0.1, 0.15) is 6.10 Å². The molecule has 1 aromatic carbocycles. The van der Waals surface area contributed by atoms with Crippen molar-refractivity contribution in [2.45, 2.75) is 18.6 Å². The van der Waals surface area contributed by atoms with E-state index in [1.807, 2.05) is 0 Å². The van der Waals surface area contributed by atoms with Crippen LogP contribution in [0.5, 0.6) is 0 Å². The molecule has 0 aromatic heterocycles. The molecule has 2 unspecified atom stereocenters. The maximum absolute atomic E-state index is 9.90. The van der Waals surface area contributed by atoms with Gasteiger partial charge in [-0.3, -0.25) is 0 Å². The molecule has 0 saturated carbocycles. The number of nitrogen functional groups attached to an aromatic ring is 1. The molecule has 0 spiro atoms. The normalized spacial score (nSPS) is 14.8. The average molecular weight is 245 g/mol. The molecule has 0 radical (unpaired) electrons. The number of anilines is 1. The quantitative estimate of drug-likeness (QED) is 0.581. The monoisotopic (exact) mass is 244 g/mol. The van der Waals surface area contributed by atoms with E-state index in [-0.39, 0.29) is 0 Å². The van der Waals surface area contributed by atoms with Crippen LogP contribution in [0, 0.1) is 0 Å². The van der Waals surface area contributed by atoms with Crippen molar-refractivity contribution in [2.75, 3.05) is 19.3 Å². The van der Waals surface area contributed by atoms with E-state index in [9.17, 15) is 10.2 Å². The van der Waals surface area contributed by atoms with Gasteiger partial charge < -0.3 is 21.3 Å². The second kappa shape index (κ2) is 6.06. The second-order valence-corrected chi connectivity index (χ2v) is 4.11. The van der Waals surface area contributed by atoms with Crippen molar-refractivity contribution < 1.29 is 10.2 Å². The Kier molecular flexibility index (Phi) is 5.02. The van der Waals surface area contributed by atoms with Crippen LogP contribution in [0.2, 0.25) is 5.02 Å². The van der Waals surface area contributed by atoms with Crippen LogP contribution in [0.15, 0.2) is 18.2 Å². The van der Waals surface area contributed by atoms with Crippen molar-refractivity contribution in [3.63, 3.8) is 0 Å².